The number of aryl methyl sites for hydroxylation is 1. The molecule has 1 fully saturated rings. The second kappa shape index (κ2) is 6.06. The number of ether oxygens (including phenoxy) is 1. The molecule has 2 rings (SSSR count). The molecule has 1 aliphatic rings. The van der Waals surface area contributed by atoms with E-state index in [1.54, 1.807) is 6.07 Å². The van der Waals surface area contributed by atoms with Crippen LogP contribution in [0.25, 0.3) is 0 Å². The van der Waals surface area contributed by atoms with Gasteiger partial charge in [0.25, 0.3) is 0 Å². The van der Waals surface area contributed by atoms with Crippen LogP contribution in [0.4, 0.5) is 5.69 Å². The van der Waals surface area contributed by atoms with Gasteiger partial charge in [-0.2, -0.15) is 0 Å². The van der Waals surface area contributed by atoms with Crippen LogP contribution < -0.4 is 11.1 Å². The molecule has 0 spiro atoms. The summed E-state index contributed by atoms with van der Waals surface area (Å²) in [6, 6.07) is 6.41. The summed E-state index contributed by atoms with van der Waals surface area (Å²) < 4.78 is 4.75. The van der Waals surface area contributed by atoms with Gasteiger partial charge in [0, 0.05) is 17.8 Å². The van der Waals surface area contributed by atoms with E-state index in [-0.39, 0.29) is 5.97 Å². The Balaban J connectivity index is 2.08. The van der Waals surface area contributed by atoms with E-state index in [1.165, 1.54) is 7.11 Å². The molecule has 0 amide bonds. The van der Waals surface area contributed by atoms with Crippen molar-refractivity contribution in [3.63, 3.8) is 0 Å². The Labute approximate surface area is 114 Å². The van der Waals surface area contributed by atoms with Crippen LogP contribution in [0.15, 0.2) is 18.2 Å². The zero-order valence-corrected chi connectivity index (χ0v) is 11.6. The summed E-state index contributed by atoms with van der Waals surface area (Å²) in [5.41, 5.74) is 8.66. The van der Waals surface area contributed by atoms with Gasteiger partial charge in [0.15, 0.2) is 0 Å². The third-order valence-electron chi connectivity index (χ3n) is 3.79. The van der Waals surface area contributed by atoms with Crippen molar-refractivity contribution in [2.75, 3.05) is 12.4 Å². The van der Waals surface area contributed by atoms with E-state index in [0.717, 1.165) is 36.9 Å². The predicted octanol–water partition coefficient (Wildman–Crippen LogP) is 2.46. The number of benzene rings is 1. The summed E-state index contributed by atoms with van der Waals surface area (Å²) in [6.07, 6.45) is 4.30. The Morgan fingerprint density at radius 1 is 1.32 bits per heavy atom. The summed E-state index contributed by atoms with van der Waals surface area (Å²) in [7, 11) is 1.40. The van der Waals surface area contributed by atoms with E-state index < -0.39 is 0 Å². The minimum atomic E-state index is -0.297. The summed E-state index contributed by atoms with van der Waals surface area (Å²) in [6.45, 7) is 2.04. The van der Waals surface area contributed by atoms with Crippen LogP contribution >= 0.6 is 0 Å². The first-order valence-electron chi connectivity index (χ1n) is 6.81. The standard InChI is InChI=1S/C15H22N2O2/c1-10-3-4-11(15(18)19-2)9-14(10)17-13-7-5-12(16)6-8-13/h3-4,9,12-13,17H,5-8,16H2,1-2H3. The number of hydrogen-bond acceptors (Lipinski definition) is 4. The van der Waals surface area contributed by atoms with Gasteiger partial charge in [0.1, 0.15) is 0 Å². The highest BCUT2D eigenvalue weighted by Crippen LogP contribution is 2.24. The first kappa shape index (κ1) is 13.9. The van der Waals surface area contributed by atoms with Crippen LogP contribution in [-0.4, -0.2) is 25.2 Å². The maximum atomic E-state index is 11.5. The van der Waals surface area contributed by atoms with Crippen molar-refractivity contribution in [2.45, 2.75) is 44.7 Å². The zero-order chi connectivity index (χ0) is 13.8. The van der Waals surface area contributed by atoms with E-state index in [0.29, 0.717) is 17.6 Å². The molecular weight excluding hydrogens is 240 g/mol. The fourth-order valence-electron chi connectivity index (χ4n) is 2.51. The SMILES string of the molecule is COC(=O)c1ccc(C)c(NC2CCC(N)CC2)c1. The number of anilines is 1. The van der Waals surface area contributed by atoms with Gasteiger partial charge in [-0.25, -0.2) is 4.79 Å². The van der Waals surface area contributed by atoms with Crippen LogP contribution in [-0.2, 0) is 4.74 Å². The van der Waals surface area contributed by atoms with Crippen LogP contribution in [0.2, 0.25) is 0 Å². The molecule has 0 aromatic heterocycles. The van der Waals surface area contributed by atoms with E-state index in [1.807, 2.05) is 19.1 Å². The maximum Gasteiger partial charge on any atom is 0.337 e. The molecule has 1 saturated carbocycles. The van der Waals surface area contributed by atoms with Crippen molar-refractivity contribution in [2.24, 2.45) is 5.73 Å². The van der Waals surface area contributed by atoms with Gasteiger partial charge in [-0.15, -0.1) is 0 Å². The summed E-state index contributed by atoms with van der Waals surface area (Å²) in [5, 5.41) is 3.53. The number of carbonyl (C=O) groups is 1. The van der Waals surface area contributed by atoms with Gasteiger partial charge in [0.05, 0.1) is 12.7 Å². The van der Waals surface area contributed by atoms with Crippen LogP contribution in [0.3, 0.4) is 0 Å². The lowest BCUT2D eigenvalue weighted by molar-refractivity contribution is 0.0601. The highest BCUT2D eigenvalue weighted by Gasteiger charge is 2.19. The number of nitrogens with two attached hydrogens (primary N) is 1. The molecule has 0 unspecified atom stereocenters. The Kier molecular flexibility index (Phi) is 4.43. The van der Waals surface area contributed by atoms with Gasteiger partial charge >= 0.3 is 5.97 Å². The average Bonchev–Trinajstić information content (AvgIpc) is 2.43. The molecule has 3 N–H and O–H groups in total. The summed E-state index contributed by atoms with van der Waals surface area (Å²) in [5.74, 6) is -0.297. The van der Waals surface area contributed by atoms with Gasteiger partial charge in [-0.05, 0) is 50.3 Å². The molecule has 0 atom stereocenters. The number of methoxy groups -OCH3 is 1. The molecule has 0 saturated heterocycles. The quantitative estimate of drug-likeness (QED) is 0.821. The van der Waals surface area contributed by atoms with Crippen molar-refractivity contribution in [3.8, 4) is 0 Å². The monoisotopic (exact) mass is 262 g/mol. The van der Waals surface area contributed by atoms with Crippen LogP contribution in [0.5, 0.6) is 0 Å². The first-order chi connectivity index (χ1) is 9.10. The Morgan fingerprint density at radius 2 is 2.00 bits per heavy atom. The molecule has 1 aromatic rings. The van der Waals surface area contributed by atoms with Crippen molar-refractivity contribution >= 4 is 11.7 Å². The lowest BCUT2D eigenvalue weighted by Crippen LogP contribution is -2.33. The number of esters is 1. The lowest BCUT2D eigenvalue weighted by atomic mass is 9.91. The van der Waals surface area contributed by atoms with Crippen molar-refractivity contribution < 1.29 is 9.53 Å². The van der Waals surface area contributed by atoms with Gasteiger partial charge in [-0.3, -0.25) is 0 Å². The Bertz CT molecular complexity index is 451. The fourth-order valence-corrected chi connectivity index (χ4v) is 2.51. The van der Waals surface area contributed by atoms with Crippen LogP contribution in [0.1, 0.15) is 41.6 Å². The molecule has 0 bridgehead atoms. The molecule has 104 valence electrons. The minimum absolute atomic E-state index is 0.297. The maximum absolute atomic E-state index is 11.5. The number of hydrogen-bond donors (Lipinski definition) is 2. The number of carbonyl (C=O) groups excluding carboxylic acids is 1. The topological polar surface area (TPSA) is 64.3 Å². The smallest absolute Gasteiger partial charge is 0.337 e. The van der Waals surface area contributed by atoms with Crippen molar-refractivity contribution in [1.29, 1.82) is 0 Å². The van der Waals surface area contributed by atoms with Gasteiger partial charge < -0.3 is 15.8 Å². The zero-order valence-electron chi connectivity index (χ0n) is 11.6. The molecule has 4 nitrogen and oxygen atoms in total. The first-order valence-corrected chi connectivity index (χ1v) is 6.81. The van der Waals surface area contributed by atoms with E-state index in [9.17, 15) is 4.79 Å². The molecule has 1 aliphatic carbocycles. The second-order valence-corrected chi connectivity index (χ2v) is 5.28. The normalized spacial score (nSPS) is 22.9. The second-order valence-electron chi connectivity index (χ2n) is 5.28. The van der Waals surface area contributed by atoms with E-state index in [2.05, 4.69) is 5.32 Å². The number of nitrogens with one attached hydrogen (secondary N) is 1. The summed E-state index contributed by atoms with van der Waals surface area (Å²) >= 11 is 0. The van der Waals surface area contributed by atoms with Gasteiger partial charge in [0.2, 0.25) is 0 Å². The lowest BCUT2D eigenvalue weighted by Gasteiger charge is -2.28. The average molecular weight is 262 g/mol. The fraction of sp³-hybridized carbons (Fsp3) is 0.533. The molecule has 0 aliphatic heterocycles. The highest BCUT2D eigenvalue weighted by atomic mass is 16.5. The van der Waals surface area contributed by atoms with Crippen molar-refractivity contribution in [3.05, 3.63) is 29.3 Å². The third kappa shape index (κ3) is 3.47. The highest BCUT2D eigenvalue weighted by molar-refractivity contribution is 5.90. The largest absolute Gasteiger partial charge is 0.465 e. The van der Waals surface area contributed by atoms with Crippen LogP contribution in [0, 0.1) is 6.92 Å². The Hall–Kier alpha value is -1.55. The minimum Gasteiger partial charge on any atom is -0.465 e. The van der Waals surface area contributed by atoms with Gasteiger partial charge in [-0.1, -0.05) is 6.07 Å². The molecule has 0 heterocycles. The molecule has 1 aromatic carbocycles. The number of rotatable bonds is 3. The van der Waals surface area contributed by atoms with E-state index >= 15 is 0 Å². The molecule has 0 radical (unpaired) electrons. The molecule has 19 heavy (non-hydrogen) atoms. The molecular formula is C15H22N2O2. The molecule has 4 heteroatoms. The third-order valence-corrected chi connectivity index (χ3v) is 3.79. The van der Waals surface area contributed by atoms with Crippen molar-refractivity contribution in [1.82, 2.24) is 0 Å². The summed E-state index contributed by atoms with van der Waals surface area (Å²) in [4.78, 5) is 11.5. The van der Waals surface area contributed by atoms with E-state index in [4.69, 9.17) is 10.5 Å². The predicted molar refractivity (Wildman–Crippen MR) is 76.4 cm³/mol. The Morgan fingerprint density at radius 3 is 2.63 bits per heavy atom.